The van der Waals surface area contributed by atoms with Gasteiger partial charge in [0.15, 0.2) is 17.2 Å². The lowest BCUT2D eigenvalue weighted by Gasteiger charge is -2.42. The van der Waals surface area contributed by atoms with E-state index in [-0.39, 0.29) is 17.9 Å². The van der Waals surface area contributed by atoms with Crippen molar-refractivity contribution in [3.05, 3.63) is 75.0 Å². The summed E-state index contributed by atoms with van der Waals surface area (Å²) in [6.07, 6.45) is 0.385. The summed E-state index contributed by atoms with van der Waals surface area (Å²) in [5, 5.41) is 14.3. The Morgan fingerprint density at radius 2 is 1.97 bits per heavy atom. The third-order valence-corrected chi connectivity index (χ3v) is 5.92. The fourth-order valence-electron chi connectivity index (χ4n) is 4.04. The third kappa shape index (κ3) is 4.08. The van der Waals surface area contributed by atoms with E-state index in [1.165, 1.54) is 16.7 Å². The second-order valence-corrected chi connectivity index (χ2v) is 8.55. The maximum Gasteiger partial charge on any atom is 0.296 e. The molecule has 0 amide bonds. The summed E-state index contributed by atoms with van der Waals surface area (Å²) >= 11 is 0. The first-order valence-electron chi connectivity index (χ1n) is 10.5. The van der Waals surface area contributed by atoms with E-state index in [2.05, 4.69) is 15.0 Å². The van der Waals surface area contributed by atoms with Gasteiger partial charge in [0.1, 0.15) is 11.6 Å². The lowest BCUT2D eigenvalue weighted by Crippen LogP contribution is -2.52. The summed E-state index contributed by atoms with van der Waals surface area (Å²) in [5.74, 6) is -0.317. The molecule has 0 unspecified atom stereocenters. The van der Waals surface area contributed by atoms with Crippen LogP contribution in [0.25, 0.3) is 0 Å². The number of hydrogen-bond donors (Lipinski definition) is 1. The number of nitrogens with zero attached hydrogens (tertiary/aromatic N) is 4. The normalized spacial score (nSPS) is 15.5. The summed E-state index contributed by atoms with van der Waals surface area (Å²) in [7, 11) is 0. The number of rotatable bonds is 6. The van der Waals surface area contributed by atoms with Gasteiger partial charge in [0.2, 0.25) is 5.75 Å². The van der Waals surface area contributed by atoms with E-state index in [4.69, 9.17) is 4.52 Å². The van der Waals surface area contributed by atoms with Crippen LogP contribution in [0.3, 0.4) is 0 Å². The first kappa shape index (κ1) is 21.9. The molecule has 0 aliphatic carbocycles. The predicted octanol–water partition coefficient (Wildman–Crippen LogP) is 2.95. The third-order valence-electron chi connectivity index (χ3n) is 5.92. The number of carbonyl (C=O) groups excluding carboxylic acids is 1. The van der Waals surface area contributed by atoms with E-state index in [9.17, 15) is 19.1 Å². The van der Waals surface area contributed by atoms with Gasteiger partial charge in [0, 0.05) is 25.6 Å². The van der Waals surface area contributed by atoms with Crippen molar-refractivity contribution in [2.75, 3.05) is 6.54 Å². The van der Waals surface area contributed by atoms with Crippen molar-refractivity contribution in [3.8, 4) is 5.75 Å². The molecule has 0 atom stereocenters. The molecule has 168 valence electrons. The molecule has 2 aromatic heterocycles. The van der Waals surface area contributed by atoms with Gasteiger partial charge in [0.25, 0.3) is 5.56 Å². The fourth-order valence-corrected chi connectivity index (χ4v) is 4.04. The van der Waals surface area contributed by atoms with Crippen molar-refractivity contribution >= 4 is 5.78 Å². The number of aromatic hydroxyl groups is 1. The highest BCUT2D eigenvalue weighted by atomic mass is 19.1. The van der Waals surface area contributed by atoms with Gasteiger partial charge in [-0.15, -0.1) is 0 Å². The number of halogens is 1. The van der Waals surface area contributed by atoms with E-state index in [0.29, 0.717) is 37.6 Å². The Kier molecular flexibility index (Phi) is 5.68. The molecular weight excluding hydrogens is 415 g/mol. The van der Waals surface area contributed by atoms with Crippen molar-refractivity contribution in [2.24, 2.45) is 0 Å². The molecule has 0 saturated carbocycles. The largest absolute Gasteiger partial charge is 0.501 e. The SMILES string of the molecule is Cc1cc(CN2CCn3c(nc(C(=O)CCc4ccc(F)cc4)c(O)c3=O)C2(C)C)on1. The summed E-state index contributed by atoms with van der Waals surface area (Å²) in [5.41, 5.74) is 0.0149. The highest BCUT2D eigenvalue weighted by molar-refractivity contribution is 5.96. The Morgan fingerprint density at radius 3 is 2.62 bits per heavy atom. The molecule has 0 spiro atoms. The number of benzene rings is 1. The Morgan fingerprint density at radius 1 is 1.25 bits per heavy atom. The minimum Gasteiger partial charge on any atom is -0.501 e. The summed E-state index contributed by atoms with van der Waals surface area (Å²) in [6, 6.07) is 7.71. The van der Waals surface area contributed by atoms with Crippen molar-refractivity contribution in [2.45, 2.75) is 52.2 Å². The monoisotopic (exact) mass is 440 g/mol. The molecule has 3 heterocycles. The molecular formula is C23H25FN4O4. The predicted molar refractivity (Wildman–Crippen MR) is 114 cm³/mol. The standard InChI is InChI=1S/C23H25FN4O4/c1-14-12-17(32-26-14)13-27-10-11-28-21(31)20(30)19(25-22(28)23(27,2)3)18(29)9-6-15-4-7-16(24)8-5-15/h4-5,7-8,12,30H,6,9-11,13H2,1-3H3. The van der Waals surface area contributed by atoms with Gasteiger partial charge in [-0.25, -0.2) is 9.37 Å². The lowest BCUT2D eigenvalue weighted by molar-refractivity contribution is 0.0563. The van der Waals surface area contributed by atoms with E-state index in [1.807, 2.05) is 26.8 Å². The van der Waals surface area contributed by atoms with Crippen molar-refractivity contribution in [1.82, 2.24) is 19.6 Å². The second-order valence-electron chi connectivity index (χ2n) is 8.55. The van der Waals surface area contributed by atoms with Crippen molar-refractivity contribution in [1.29, 1.82) is 0 Å². The topological polar surface area (TPSA) is 101 Å². The zero-order valence-electron chi connectivity index (χ0n) is 18.3. The Labute approximate surface area is 184 Å². The highest BCUT2D eigenvalue weighted by Gasteiger charge is 2.39. The van der Waals surface area contributed by atoms with Crippen LogP contribution in [0.1, 0.15) is 53.6 Å². The van der Waals surface area contributed by atoms with Crippen LogP contribution in [0.4, 0.5) is 4.39 Å². The maximum atomic E-state index is 13.1. The number of fused-ring (bicyclic) bond motifs is 1. The van der Waals surface area contributed by atoms with E-state index >= 15 is 0 Å². The molecule has 1 aliphatic heterocycles. The number of aryl methyl sites for hydroxylation is 2. The zero-order valence-corrected chi connectivity index (χ0v) is 18.3. The van der Waals surface area contributed by atoms with Gasteiger partial charge in [-0.05, 0) is 44.9 Å². The minimum atomic E-state index is -0.697. The fraction of sp³-hybridized carbons (Fsp3) is 0.391. The van der Waals surface area contributed by atoms with Gasteiger partial charge in [-0.2, -0.15) is 0 Å². The first-order valence-corrected chi connectivity index (χ1v) is 10.5. The van der Waals surface area contributed by atoms with Crippen molar-refractivity contribution in [3.63, 3.8) is 0 Å². The van der Waals surface area contributed by atoms with Crippen LogP contribution < -0.4 is 5.56 Å². The number of ketones is 1. The average Bonchev–Trinajstić information content (AvgIpc) is 3.16. The van der Waals surface area contributed by atoms with Gasteiger partial charge in [-0.1, -0.05) is 17.3 Å². The van der Waals surface area contributed by atoms with Crippen LogP contribution in [-0.2, 0) is 25.0 Å². The van der Waals surface area contributed by atoms with E-state index < -0.39 is 22.6 Å². The zero-order chi connectivity index (χ0) is 23.0. The Bertz CT molecular complexity index is 1210. The summed E-state index contributed by atoms with van der Waals surface area (Å²) in [4.78, 5) is 32.2. The number of carbonyl (C=O) groups is 1. The highest BCUT2D eigenvalue weighted by Crippen LogP contribution is 2.32. The summed E-state index contributed by atoms with van der Waals surface area (Å²) in [6.45, 7) is 7.01. The van der Waals surface area contributed by atoms with E-state index in [0.717, 1.165) is 11.3 Å². The molecule has 1 aromatic carbocycles. The number of Topliss-reactive ketones (excluding diaryl/α,β-unsaturated/α-hetero) is 1. The molecule has 8 nitrogen and oxygen atoms in total. The summed E-state index contributed by atoms with van der Waals surface area (Å²) < 4.78 is 19.9. The molecule has 4 rings (SSSR count). The number of hydrogen-bond acceptors (Lipinski definition) is 7. The van der Waals surface area contributed by atoms with Crippen molar-refractivity contribution < 1.29 is 18.8 Å². The van der Waals surface area contributed by atoms with Crippen LogP contribution in [-0.4, -0.2) is 37.0 Å². The molecule has 0 saturated heterocycles. The van der Waals surface area contributed by atoms with Gasteiger partial charge in [-0.3, -0.25) is 19.1 Å². The smallest absolute Gasteiger partial charge is 0.296 e. The van der Waals surface area contributed by atoms with Crippen LogP contribution in [0.5, 0.6) is 5.75 Å². The van der Waals surface area contributed by atoms with Gasteiger partial charge in [0.05, 0.1) is 17.8 Å². The van der Waals surface area contributed by atoms with E-state index in [1.54, 1.807) is 12.1 Å². The van der Waals surface area contributed by atoms with Gasteiger partial charge < -0.3 is 9.63 Å². The van der Waals surface area contributed by atoms with Crippen LogP contribution in [0.15, 0.2) is 39.6 Å². The Hall–Kier alpha value is -3.33. The second kappa shape index (κ2) is 8.31. The van der Waals surface area contributed by atoms with Crippen LogP contribution >= 0.6 is 0 Å². The molecule has 0 fully saturated rings. The molecule has 9 heteroatoms. The molecule has 32 heavy (non-hydrogen) atoms. The minimum absolute atomic E-state index is 0.0383. The molecule has 1 N–H and O–H groups in total. The quantitative estimate of drug-likeness (QED) is 0.588. The van der Waals surface area contributed by atoms with Crippen LogP contribution in [0.2, 0.25) is 0 Å². The molecule has 3 aromatic rings. The molecule has 0 bridgehead atoms. The number of aromatic nitrogens is 3. The lowest BCUT2D eigenvalue weighted by atomic mass is 9.97. The Balaban J connectivity index is 1.61. The molecule has 0 radical (unpaired) electrons. The van der Waals surface area contributed by atoms with Gasteiger partial charge >= 0.3 is 0 Å². The maximum absolute atomic E-state index is 13.1. The first-order chi connectivity index (χ1) is 15.2. The average molecular weight is 440 g/mol. The molecule has 1 aliphatic rings. The van der Waals surface area contributed by atoms with Crippen LogP contribution in [0, 0.1) is 12.7 Å².